The first kappa shape index (κ1) is 13.8. The largest absolute Gasteiger partial charge is 0.478 e. The summed E-state index contributed by atoms with van der Waals surface area (Å²) in [5, 5.41) is 8.48. The number of aromatic carboxylic acids is 1. The van der Waals surface area contributed by atoms with Crippen molar-refractivity contribution in [2.75, 3.05) is 0 Å². The Balaban J connectivity index is 0.000000336. The fourth-order valence-corrected chi connectivity index (χ4v) is 0.704. The minimum Gasteiger partial charge on any atom is -0.478 e. The van der Waals surface area contributed by atoms with E-state index in [1.165, 1.54) is 12.1 Å². The van der Waals surface area contributed by atoms with E-state index in [9.17, 15) is 4.79 Å². The summed E-state index contributed by atoms with van der Waals surface area (Å²) in [5.74, 6) is -0.912. The molecule has 0 amide bonds. The first-order chi connectivity index (χ1) is 6.70. The molecule has 7 nitrogen and oxygen atoms in total. The van der Waals surface area contributed by atoms with Gasteiger partial charge in [0.2, 0.25) is 0 Å². The van der Waals surface area contributed by atoms with E-state index in [0.717, 1.165) is 5.69 Å². The van der Waals surface area contributed by atoms with Gasteiger partial charge < -0.3 is 10.8 Å². The van der Waals surface area contributed by atoms with Gasteiger partial charge >= 0.3 is 5.97 Å². The Morgan fingerprint density at radius 1 is 1.27 bits per heavy atom. The van der Waals surface area contributed by atoms with Crippen LogP contribution in [0, 0.1) is 10.2 Å². The van der Waals surface area contributed by atoms with E-state index in [2.05, 4.69) is 5.73 Å². The number of halogens is 1. The van der Waals surface area contributed by atoms with Crippen LogP contribution in [0.15, 0.2) is 24.3 Å². The molecule has 1 aromatic rings. The molecular formula is C7H8ClNO6. The molecule has 0 spiro atoms. The number of carboxylic acid groups (broad SMARTS) is 1. The van der Waals surface area contributed by atoms with E-state index >= 15 is 0 Å². The quantitative estimate of drug-likeness (QED) is 0.501. The number of carboxylic acids is 1. The van der Waals surface area contributed by atoms with Crippen LogP contribution >= 0.6 is 0 Å². The monoisotopic (exact) mass is 237 g/mol. The average molecular weight is 238 g/mol. The molecule has 0 aliphatic heterocycles. The zero-order chi connectivity index (χ0) is 12.1. The molecule has 1 rings (SSSR count). The summed E-state index contributed by atoms with van der Waals surface area (Å²) in [6.07, 6.45) is 0. The Hall–Kier alpha value is -1.22. The van der Waals surface area contributed by atoms with Gasteiger partial charge in [0.15, 0.2) is 0 Å². The fraction of sp³-hybridized carbons (Fsp3) is 0. The smallest absolute Gasteiger partial charge is 0.335 e. The van der Waals surface area contributed by atoms with E-state index in [1.54, 1.807) is 12.1 Å². The summed E-state index contributed by atoms with van der Waals surface area (Å²) >= 11 is 0. The van der Waals surface area contributed by atoms with Crippen molar-refractivity contribution in [1.82, 2.24) is 0 Å². The highest BCUT2D eigenvalue weighted by molar-refractivity contribution is 5.88. The lowest BCUT2D eigenvalue weighted by Crippen LogP contribution is -2.68. The lowest BCUT2D eigenvalue weighted by Gasteiger charge is -2.17. The Kier molecular flexibility index (Phi) is 5.15. The molecule has 0 saturated carbocycles. The van der Waals surface area contributed by atoms with Gasteiger partial charge in [-0.15, -0.1) is 10.2 Å². The SMILES string of the molecule is [NH3+]c1cccc(C(=O)O)c1.[O-][Cl+3]([O-])([O-])[O-]. The Morgan fingerprint density at radius 3 is 2.00 bits per heavy atom. The van der Waals surface area contributed by atoms with Crippen LogP contribution in [0.1, 0.15) is 10.4 Å². The van der Waals surface area contributed by atoms with Crippen molar-refractivity contribution in [3.8, 4) is 0 Å². The Labute approximate surface area is 86.7 Å². The molecule has 8 heteroatoms. The highest BCUT2D eigenvalue weighted by Crippen LogP contribution is 2.03. The van der Waals surface area contributed by atoms with Crippen LogP contribution in [-0.2, 0) is 0 Å². The fourth-order valence-electron chi connectivity index (χ4n) is 0.704. The molecule has 15 heavy (non-hydrogen) atoms. The molecule has 0 saturated heterocycles. The van der Waals surface area contributed by atoms with Crippen LogP contribution in [-0.4, -0.2) is 11.1 Å². The maximum absolute atomic E-state index is 10.3. The molecular weight excluding hydrogens is 230 g/mol. The van der Waals surface area contributed by atoms with Crippen molar-refractivity contribution in [3.63, 3.8) is 0 Å². The predicted octanol–water partition coefficient (Wildman–Crippen LogP) is -4.50. The first-order valence-corrected chi connectivity index (χ1v) is 4.70. The summed E-state index contributed by atoms with van der Waals surface area (Å²) in [4.78, 5) is 10.3. The van der Waals surface area contributed by atoms with Crippen LogP contribution in [0.5, 0.6) is 0 Å². The number of rotatable bonds is 1. The van der Waals surface area contributed by atoms with Gasteiger partial charge in [0.1, 0.15) is 5.69 Å². The van der Waals surface area contributed by atoms with E-state index in [4.69, 9.17) is 23.7 Å². The highest BCUT2D eigenvalue weighted by atomic mass is 35.7. The van der Waals surface area contributed by atoms with Crippen LogP contribution in [0.2, 0.25) is 0 Å². The van der Waals surface area contributed by atoms with Crippen LogP contribution in [0.3, 0.4) is 0 Å². The minimum atomic E-state index is -4.94. The zero-order valence-corrected chi connectivity index (χ0v) is 8.14. The molecule has 0 radical (unpaired) electrons. The third-order valence-electron chi connectivity index (χ3n) is 1.17. The maximum Gasteiger partial charge on any atom is 0.335 e. The molecule has 0 aromatic heterocycles. The third kappa shape index (κ3) is 9.09. The average Bonchev–Trinajstić information content (AvgIpc) is 2.00. The second kappa shape index (κ2) is 5.61. The Bertz CT molecular complexity index is 330. The summed E-state index contributed by atoms with van der Waals surface area (Å²) in [7, 11) is -4.94. The minimum absolute atomic E-state index is 0.285. The second-order valence-electron chi connectivity index (χ2n) is 2.38. The molecule has 84 valence electrons. The molecule has 0 atom stereocenters. The normalized spacial score (nSPS) is 10.2. The van der Waals surface area contributed by atoms with Crippen LogP contribution in [0.4, 0.5) is 5.69 Å². The van der Waals surface area contributed by atoms with Crippen LogP contribution in [0.25, 0.3) is 0 Å². The molecule has 0 unspecified atom stereocenters. The van der Waals surface area contributed by atoms with Gasteiger partial charge in [0, 0.05) is 6.07 Å². The number of hydrogen-bond donors (Lipinski definition) is 2. The molecule has 4 N–H and O–H groups in total. The number of benzene rings is 1. The van der Waals surface area contributed by atoms with Crippen molar-refractivity contribution in [3.05, 3.63) is 29.8 Å². The lowest BCUT2D eigenvalue weighted by molar-refractivity contribution is -2.00. The standard InChI is InChI=1S/C7H7NO2.ClHO4/c8-6-3-1-2-5(4-6)7(9)10;2-1(3,4)5/h1-4H,8H2,(H,9,10);(H,2,3,4,5). The third-order valence-corrected chi connectivity index (χ3v) is 1.17. The predicted molar refractivity (Wildman–Crippen MR) is 35.9 cm³/mol. The van der Waals surface area contributed by atoms with Gasteiger partial charge in [-0.05, 0) is 12.1 Å². The van der Waals surface area contributed by atoms with E-state index in [0.29, 0.717) is 0 Å². The number of hydrogen-bond acceptors (Lipinski definition) is 5. The molecule has 0 aliphatic carbocycles. The van der Waals surface area contributed by atoms with Gasteiger partial charge in [-0.25, -0.2) is 23.4 Å². The maximum atomic E-state index is 10.3. The molecule has 0 bridgehead atoms. The topological polar surface area (TPSA) is 157 Å². The van der Waals surface area contributed by atoms with E-state index in [1.807, 2.05) is 0 Å². The van der Waals surface area contributed by atoms with Crippen molar-refractivity contribution < 1.29 is 44.5 Å². The van der Waals surface area contributed by atoms with Crippen molar-refractivity contribution in [2.45, 2.75) is 0 Å². The van der Waals surface area contributed by atoms with Gasteiger partial charge in [-0.2, -0.15) is 0 Å². The Morgan fingerprint density at radius 2 is 1.73 bits per heavy atom. The summed E-state index contributed by atoms with van der Waals surface area (Å²) < 4.78 is 34.0. The molecule has 1 aromatic carbocycles. The number of quaternary nitrogens is 1. The van der Waals surface area contributed by atoms with Gasteiger partial charge in [-0.3, -0.25) is 0 Å². The van der Waals surface area contributed by atoms with Crippen molar-refractivity contribution in [2.24, 2.45) is 0 Å². The van der Waals surface area contributed by atoms with Gasteiger partial charge in [0.25, 0.3) is 0 Å². The molecule has 0 aliphatic rings. The van der Waals surface area contributed by atoms with Crippen molar-refractivity contribution >= 4 is 11.7 Å². The summed E-state index contributed by atoms with van der Waals surface area (Å²) in [6.45, 7) is 0. The molecule has 0 heterocycles. The molecule has 0 fully saturated rings. The van der Waals surface area contributed by atoms with E-state index < -0.39 is 16.2 Å². The summed E-state index contributed by atoms with van der Waals surface area (Å²) in [6, 6.07) is 6.50. The van der Waals surface area contributed by atoms with Crippen molar-refractivity contribution in [1.29, 1.82) is 0 Å². The number of carbonyl (C=O) groups is 1. The first-order valence-electron chi connectivity index (χ1n) is 3.47. The lowest BCUT2D eigenvalue weighted by atomic mass is 10.2. The van der Waals surface area contributed by atoms with Gasteiger partial charge in [-0.1, -0.05) is 6.07 Å². The van der Waals surface area contributed by atoms with Gasteiger partial charge in [0.05, 0.1) is 5.56 Å². The van der Waals surface area contributed by atoms with Crippen LogP contribution < -0.4 is 24.4 Å². The second-order valence-corrected chi connectivity index (χ2v) is 3.14. The highest BCUT2D eigenvalue weighted by Gasteiger charge is 2.01. The zero-order valence-electron chi connectivity index (χ0n) is 7.38. The van der Waals surface area contributed by atoms with E-state index in [-0.39, 0.29) is 5.56 Å². The summed E-state index contributed by atoms with van der Waals surface area (Å²) in [5.41, 5.74) is 4.61.